The van der Waals surface area contributed by atoms with E-state index in [0.717, 1.165) is 45.6 Å². The lowest BCUT2D eigenvalue weighted by Gasteiger charge is -2.19. The van der Waals surface area contributed by atoms with Gasteiger partial charge >= 0.3 is 0 Å². The molecule has 0 aliphatic heterocycles. The van der Waals surface area contributed by atoms with Gasteiger partial charge in [0.1, 0.15) is 4.83 Å². The van der Waals surface area contributed by atoms with Crippen molar-refractivity contribution in [2.24, 2.45) is 5.92 Å². The van der Waals surface area contributed by atoms with E-state index in [1.54, 1.807) is 11.3 Å². The number of H-pyrrole nitrogens is 1. The fourth-order valence-electron chi connectivity index (χ4n) is 3.36. The average Bonchev–Trinajstić information content (AvgIpc) is 3.21. The second-order valence-electron chi connectivity index (χ2n) is 6.72. The summed E-state index contributed by atoms with van der Waals surface area (Å²) in [6, 6.07) is 1.87. The third-order valence-electron chi connectivity index (χ3n) is 4.85. The predicted octanol–water partition coefficient (Wildman–Crippen LogP) is 4.25. The van der Waals surface area contributed by atoms with Crippen molar-refractivity contribution in [3.05, 3.63) is 47.5 Å². The zero-order valence-electron chi connectivity index (χ0n) is 14.5. The minimum atomic E-state index is -0.286. The molecule has 2 N–H and O–H groups in total. The molecule has 1 aliphatic rings. The molecule has 1 amide bonds. The van der Waals surface area contributed by atoms with Gasteiger partial charge < -0.3 is 4.98 Å². The summed E-state index contributed by atoms with van der Waals surface area (Å²) in [6.45, 7) is 4.28. The van der Waals surface area contributed by atoms with Gasteiger partial charge in [0.25, 0.3) is 11.5 Å². The first-order valence-electron chi connectivity index (χ1n) is 8.66. The highest BCUT2D eigenvalue weighted by Gasteiger charge is 2.24. The lowest BCUT2D eigenvalue weighted by Crippen LogP contribution is -2.34. The van der Waals surface area contributed by atoms with Gasteiger partial charge in [0.15, 0.2) is 0 Å². The van der Waals surface area contributed by atoms with Crippen molar-refractivity contribution in [3.63, 3.8) is 0 Å². The molecule has 0 saturated carbocycles. The van der Waals surface area contributed by atoms with Crippen LogP contribution in [0.25, 0.3) is 10.2 Å². The van der Waals surface area contributed by atoms with Crippen molar-refractivity contribution >= 4 is 51.0 Å². The Hall–Kier alpha value is -1.77. The number of carbonyl (C=O) groups is 1. The molecule has 5 nitrogen and oxygen atoms in total. The van der Waals surface area contributed by atoms with E-state index in [4.69, 9.17) is 12.2 Å². The Morgan fingerprint density at radius 1 is 1.50 bits per heavy atom. The first-order valence-corrected chi connectivity index (χ1v) is 10.8. The molecular weight excluding hydrogens is 386 g/mol. The summed E-state index contributed by atoms with van der Waals surface area (Å²) < 4.78 is 1.36. The third-order valence-corrected chi connectivity index (χ3v) is 7.38. The molecule has 8 heteroatoms. The lowest BCUT2D eigenvalue weighted by atomic mass is 9.88. The first-order chi connectivity index (χ1) is 12.5. The minimum Gasteiger partial charge on any atom is -0.322 e. The maximum absolute atomic E-state index is 12.8. The number of fused-ring (bicyclic) bond motifs is 2. The summed E-state index contributed by atoms with van der Waals surface area (Å²) in [5, 5.41) is 2.45. The molecular formula is C18H19N3O2S3. The lowest BCUT2D eigenvalue weighted by molar-refractivity contribution is 0.101. The second kappa shape index (κ2) is 6.75. The maximum Gasteiger partial charge on any atom is 0.282 e. The molecule has 0 fully saturated rings. The van der Waals surface area contributed by atoms with Gasteiger partial charge in [-0.25, -0.2) is 0 Å². The van der Waals surface area contributed by atoms with E-state index in [-0.39, 0.29) is 16.2 Å². The zero-order chi connectivity index (χ0) is 18.4. The number of amides is 1. The monoisotopic (exact) mass is 405 g/mol. The number of aromatic amines is 1. The maximum atomic E-state index is 12.8. The van der Waals surface area contributed by atoms with Crippen LogP contribution < -0.4 is 11.0 Å². The Bertz CT molecular complexity index is 1120. The van der Waals surface area contributed by atoms with E-state index in [2.05, 4.69) is 17.3 Å². The Kier molecular flexibility index (Phi) is 4.58. The van der Waals surface area contributed by atoms with Crippen molar-refractivity contribution < 1.29 is 4.79 Å². The van der Waals surface area contributed by atoms with Crippen molar-refractivity contribution in [3.8, 4) is 0 Å². The molecule has 0 aromatic carbocycles. The Morgan fingerprint density at radius 3 is 3.08 bits per heavy atom. The topological polar surface area (TPSA) is 66.9 Å². The second-order valence-corrected chi connectivity index (χ2v) is 9.21. The fourth-order valence-corrected chi connectivity index (χ4v) is 5.89. The van der Waals surface area contributed by atoms with Gasteiger partial charge in [-0.3, -0.25) is 15.0 Å². The zero-order valence-corrected chi connectivity index (χ0v) is 17.0. The highest BCUT2D eigenvalue weighted by molar-refractivity contribution is 7.71. The van der Waals surface area contributed by atoms with Crippen LogP contribution in [0.15, 0.2) is 16.2 Å². The molecule has 0 bridgehead atoms. The molecule has 0 saturated heterocycles. The number of rotatable bonds is 3. The molecule has 1 unspecified atom stereocenters. The van der Waals surface area contributed by atoms with Crippen LogP contribution in [0.2, 0.25) is 0 Å². The van der Waals surface area contributed by atoms with Crippen molar-refractivity contribution in [2.45, 2.75) is 39.5 Å². The van der Waals surface area contributed by atoms with Crippen LogP contribution in [-0.2, 0) is 19.3 Å². The molecule has 26 heavy (non-hydrogen) atoms. The number of carbonyl (C=O) groups excluding carboxylic acids is 1. The highest BCUT2D eigenvalue weighted by Crippen LogP contribution is 2.32. The molecule has 136 valence electrons. The number of aryl methyl sites for hydroxylation is 1. The van der Waals surface area contributed by atoms with Crippen molar-refractivity contribution in [1.82, 2.24) is 9.66 Å². The fraction of sp³-hybridized carbons (Fsp3) is 0.389. The summed E-state index contributed by atoms with van der Waals surface area (Å²) in [7, 11) is 0. The van der Waals surface area contributed by atoms with Gasteiger partial charge in [-0.1, -0.05) is 13.8 Å². The van der Waals surface area contributed by atoms with E-state index in [0.29, 0.717) is 16.9 Å². The van der Waals surface area contributed by atoms with Crippen LogP contribution in [0.5, 0.6) is 0 Å². The highest BCUT2D eigenvalue weighted by atomic mass is 32.1. The van der Waals surface area contributed by atoms with Crippen molar-refractivity contribution in [2.75, 3.05) is 5.43 Å². The molecule has 3 aromatic heterocycles. The van der Waals surface area contributed by atoms with E-state index in [1.807, 2.05) is 18.4 Å². The van der Waals surface area contributed by atoms with Crippen molar-refractivity contribution in [1.29, 1.82) is 0 Å². The first kappa shape index (κ1) is 17.6. The van der Waals surface area contributed by atoms with Crippen LogP contribution >= 0.6 is 34.9 Å². The van der Waals surface area contributed by atoms with Crippen LogP contribution in [0.4, 0.5) is 0 Å². The summed E-state index contributed by atoms with van der Waals surface area (Å²) >= 11 is 8.45. The van der Waals surface area contributed by atoms with Gasteiger partial charge in [0.05, 0.1) is 10.9 Å². The van der Waals surface area contributed by atoms with E-state index in [1.165, 1.54) is 16.2 Å². The SMILES string of the molecule is CCc1cc2c(=O)n(NC(=O)c3csc4c3CCC(C)C4)c(=S)[nH]c2s1. The largest absolute Gasteiger partial charge is 0.322 e. The molecule has 0 radical (unpaired) electrons. The van der Waals surface area contributed by atoms with E-state index >= 15 is 0 Å². The molecule has 0 spiro atoms. The van der Waals surface area contributed by atoms with Gasteiger partial charge in [-0.05, 0) is 55.4 Å². The number of thiophene rings is 2. The minimum absolute atomic E-state index is 0.207. The number of nitrogens with one attached hydrogen (secondary N) is 2. The van der Waals surface area contributed by atoms with Crippen LogP contribution in [-0.4, -0.2) is 15.6 Å². The number of hydrogen-bond acceptors (Lipinski definition) is 5. The molecule has 4 rings (SSSR count). The average molecular weight is 406 g/mol. The summed E-state index contributed by atoms with van der Waals surface area (Å²) in [4.78, 5) is 31.8. The Balaban J connectivity index is 1.70. The van der Waals surface area contributed by atoms with E-state index in [9.17, 15) is 9.59 Å². The third kappa shape index (κ3) is 2.95. The molecule has 1 aliphatic carbocycles. The summed E-state index contributed by atoms with van der Waals surface area (Å²) in [5.74, 6) is 0.381. The quantitative estimate of drug-likeness (QED) is 0.640. The molecule has 3 aromatic rings. The standard InChI is InChI=1S/C18H19N3O2S3/c1-3-10-7-12-16(26-10)19-18(24)21(17(12)23)20-15(22)13-8-25-14-6-9(2)4-5-11(13)14/h7-9H,3-6H2,1-2H3,(H,19,24)(H,20,22). The Labute approximate surface area is 163 Å². The van der Waals surface area contributed by atoms with Crippen LogP contribution in [0.1, 0.15) is 45.9 Å². The number of nitrogens with zero attached hydrogens (tertiary/aromatic N) is 1. The normalized spacial score (nSPS) is 16.6. The van der Waals surface area contributed by atoms with E-state index < -0.39 is 0 Å². The number of aromatic nitrogens is 2. The van der Waals surface area contributed by atoms with Gasteiger partial charge in [0.2, 0.25) is 4.77 Å². The van der Waals surface area contributed by atoms with Gasteiger partial charge in [0, 0.05) is 15.1 Å². The molecule has 3 heterocycles. The van der Waals surface area contributed by atoms with Gasteiger partial charge in [-0.15, -0.1) is 22.7 Å². The Morgan fingerprint density at radius 2 is 2.31 bits per heavy atom. The van der Waals surface area contributed by atoms with Crippen LogP contribution in [0, 0.1) is 10.7 Å². The summed E-state index contributed by atoms with van der Waals surface area (Å²) in [6.07, 6.45) is 3.87. The van der Waals surface area contributed by atoms with Gasteiger partial charge in [-0.2, -0.15) is 4.68 Å². The summed E-state index contributed by atoms with van der Waals surface area (Å²) in [5.41, 5.74) is 4.20. The predicted molar refractivity (Wildman–Crippen MR) is 110 cm³/mol. The molecule has 1 atom stereocenters. The van der Waals surface area contributed by atoms with Crippen LogP contribution in [0.3, 0.4) is 0 Å². The smallest absolute Gasteiger partial charge is 0.282 e. The number of hydrogen-bond donors (Lipinski definition) is 2.